The van der Waals surface area contributed by atoms with Crippen LogP contribution in [-0.2, 0) is 9.47 Å². The molecule has 0 saturated carbocycles. The molecule has 1 fully saturated rings. The fourth-order valence-corrected chi connectivity index (χ4v) is 1.71. The van der Waals surface area contributed by atoms with Crippen LogP contribution >= 0.6 is 0 Å². The van der Waals surface area contributed by atoms with Gasteiger partial charge in [-0.15, -0.1) is 0 Å². The molecule has 6 nitrogen and oxygen atoms in total. The molecule has 0 amide bonds. The first kappa shape index (κ1) is 13.8. The van der Waals surface area contributed by atoms with Crippen LogP contribution in [0.5, 0.6) is 0 Å². The number of aliphatic hydroxyl groups excluding tert-OH is 3. The van der Waals surface area contributed by atoms with Gasteiger partial charge in [-0.05, 0) is 0 Å². The van der Waals surface area contributed by atoms with Gasteiger partial charge in [0.25, 0.3) is 0 Å². The third-order valence-corrected chi connectivity index (χ3v) is 2.55. The van der Waals surface area contributed by atoms with Crippen LogP contribution in [0, 0.1) is 0 Å². The summed E-state index contributed by atoms with van der Waals surface area (Å²) in [6.45, 7) is 2.41. The minimum Gasteiger partial charge on any atom is -0.389 e. The van der Waals surface area contributed by atoms with E-state index in [1.165, 1.54) is 0 Å². The summed E-state index contributed by atoms with van der Waals surface area (Å²) in [5.74, 6) is 0. The van der Waals surface area contributed by atoms with E-state index in [1.807, 2.05) is 4.90 Å². The molecule has 1 aliphatic heterocycles. The van der Waals surface area contributed by atoms with Crippen LogP contribution in [0.15, 0.2) is 0 Å². The monoisotopic (exact) mass is 235 g/mol. The molecule has 96 valence electrons. The van der Waals surface area contributed by atoms with Crippen molar-refractivity contribution in [1.29, 1.82) is 0 Å². The quantitative estimate of drug-likeness (QED) is 0.445. The molecule has 0 aliphatic carbocycles. The molecule has 1 unspecified atom stereocenters. The molecule has 1 heterocycles. The van der Waals surface area contributed by atoms with E-state index in [0.29, 0.717) is 32.8 Å². The van der Waals surface area contributed by atoms with Crippen LogP contribution in [0.2, 0.25) is 0 Å². The maximum Gasteiger partial charge on any atom is 0.0938 e. The molecule has 0 radical (unpaired) electrons. The Morgan fingerprint density at radius 1 is 1.25 bits per heavy atom. The Kier molecular flexibility index (Phi) is 6.18. The standard InChI is InChI=1S/C10H21NO5/c1-15-2-3-16-7-8(12)4-11-5-9(13)10(14)6-11/h8-10,12-14H,2-7H2,1H3/t8?,9-,10+. The van der Waals surface area contributed by atoms with E-state index in [1.54, 1.807) is 7.11 Å². The molecule has 0 bridgehead atoms. The number of aliphatic hydroxyl groups is 3. The Labute approximate surface area is 95.4 Å². The maximum atomic E-state index is 9.61. The molecule has 0 aromatic rings. The second-order valence-electron chi connectivity index (χ2n) is 4.07. The van der Waals surface area contributed by atoms with Gasteiger partial charge in [-0.25, -0.2) is 0 Å². The number of likely N-dealkylation sites (tertiary alicyclic amines) is 1. The number of hydrogen-bond acceptors (Lipinski definition) is 6. The first-order chi connectivity index (χ1) is 7.63. The lowest BCUT2D eigenvalue weighted by molar-refractivity contribution is 0.000723. The molecule has 3 atom stereocenters. The lowest BCUT2D eigenvalue weighted by Crippen LogP contribution is -2.34. The van der Waals surface area contributed by atoms with Crippen LogP contribution in [0.3, 0.4) is 0 Å². The van der Waals surface area contributed by atoms with Gasteiger partial charge >= 0.3 is 0 Å². The molecule has 0 aromatic carbocycles. The van der Waals surface area contributed by atoms with Gasteiger partial charge in [0.2, 0.25) is 0 Å². The summed E-state index contributed by atoms with van der Waals surface area (Å²) in [6, 6.07) is 0. The van der Waals surface area contributed by atoms with E-state index in [4.69, 9.17) is 9.47 Å². The second kappa shape index (κ2) is 7.16. The van der Waals surface area contributed by atoms with Crippen molar-refractivity contribution < 1.29 is 24.8 Å². The topological polar surface area (TPSA) is 82.4 Å². The minimum atomic E-state index is -0.707. The average Bonchev–Trinajstić information content (AvgIpc) is 2.53. The minimum absolute atomic E-state index is 0.242. The summed E-state index contributed by atoms with van der Waals surface area (Å²) >= 11 is 0. The summed E-state index contributed by atoms with van der Waals surface area (Å²) < 4.78 is 9.98. The van der Waals surface area contributed by atoms with Crippen LogP contribution in [0.1, 0.15) is 0 Å². The number of methoxy groups -OCH3 is 1. The number of nitrogens with zero attached hydrogens (tertiary/aromatic N) is 1. The normalized spacial score (nSPS) is 28.5. The molecule has 1 rings (SSSR count). The Bertz CT molecular complexity index is 182. The molecular formula is C10H21NO5. The highest BCUT2D eigenvalue weighted by atomic mass is 16.5. The molecule has 1 aliphatic rings. The molecule has 3 N–H and O–H groups in total. The fraction of sp³-hybridized carbons (Fsp3) is 1.00. The number of rotatable bonds is 7. The zero-order valence-electron chi connectivity index (χ0n) is 9.58. The van der Waals surface area contributed by atoms with Gasteiger partial charge in [0.15, 0.2) is 0 Å². The predicted molar refractivity (Wildman–Crippen MR) is 57.2 cm³/mol. The molecule has 0 spiro atoms. The highest BCUT2D eigenvalue weighted by Gasteiger charge is 2.30. The molecular weight excluding hydrogens is 214 g/mol. The van der Waals surface area contributed by atoms with Gasteiger partial charge in [-0.2, -0.15) is 0 Å². The van der Waals surface area contributed by atoms with Crippen molar-refractivity contribution in [3.63, 3.8) is 0 Å². The van der Waals surface area contributed by atoms with Crippen molar-refractivity contribution in [2.75, 3.05) is 46.6 Å². The van der Waals surface area contributed by atoms with Crippen LogP contribution in [0.4, 0.5) is 0 Å². The van der Waals surface area contributed by atoms with Crippen molar-refractivity contribution in [1.82, 2.24) is 4.90 Å². The van der Waals surface area contributed by atoms with Crippen molar-refractivity contribution in [2.45, 2.75) is 18.3 Å². The van der Waals surface area contributed by atoms with Gasteiger partial charge in [-0.3, -0.25) is 4.90 Å². The van der Waals surface area contributed by atoms with Crippen molar-refractivity contribution in [3.05, 3.63) is 0 Å². The Balaban J connectivity index is 2.08. The van der Waals surface area contributed by atoms with Gasteiger partial charge < -0.3 is 24.8 Å². The summed E-state index contributed by atoms with van der Waals surface area (Å²) in [6.07, 6.45) is -2.02. The Morgan fingerprint density at radius 3 is 2.44 bits per heavy atom. The van der Waals surface area contributed by atoms with Crippen LogP contribution in [-0.4, -0.2) is 85.1 Å². The highest BCUT2D eigenvalue weighted by molar-refractivity contribution is 4.84. The van der Waals surface area contributed by atoms with E-state index in [2.05, 4.69) is 0 Å². The number of hydrogen-bond donors (Lipinski definition) is 3. The van der Waals surface area contributed by atoms with E-state index in [0.717, 1.165) is 0 Å². The van der Waals surface area contributed by atoms with E-state index >= 15 is 0 Å². The second-order valence-corrected chi connectivity index (χ2v) is 4.07. The lowest BCUT2D eigenvalue weighted by Gasteiger charge is -2.19. The zero-order valence-corrected chi connectivity index (χ0v) is 9.58. The van der Waals surface area contributed by atoms with E-state index in [-0.39, 0.29) is 6.61 Å². The van der Waals surface area contributed by atoms with Gasteiger partial charge in [0.1, 0.15) is 0 Å². The average molecular weight is 235 g/mol. The predicted octanol–water partition coefficient (Wildman–Crippen LogP) is -1.95. The van der Waals surface area contributed by atoms with Crippen molar-refractivity contribution in [3.8, 4) is 0 Å². The van der Waals surface area contributed by atoms with Crippen molar-refractivity contribution in [2.24, 2.45) is 0 Å². The molecule has 6 heteroatoms. The first-order valence-electron chi connectivity index (χ1n) is 5.46. The van der Waals surface area contributed by atoms with E-state index in [9.17, 15) is 15.3 Å². The third kappa shape index (κ3) is 4.73. The highest BCUT2D eigenvalue weighted by Crippen LogP contribution is 2.10. The largest absolute Gasteiger partial charge is 0.389 e. The van der Waals surface area contributed by atoms with Gasteiger partial charge in [-0.1, -0.05) is 0 Å². The first-order valence-corrected chi connectivity index (χ1v) is 5.46. The summed E-state index contributed by atoms with van der Waals surface area (Å²) in [5.41, 5.74) is 0. The summed E-state index contributed by atoms with van der Waals surface area (Å²) in [5, 5.41) is 28.2. The molecule has 16 heavy (non-hydrogen) atoms. The fourth-order valence-electron chi connectivity index (χ4n) is 1.71. The van der Waals surface area contributed by atoms with Gasteiger partial charge in [0, 0.05) is 26.7 Å². The summed E-state index contributed by atoms with van der Waals surface area (Å²) in [7, 11) is 1.59. The van der Waals surface area contributed by atoms with Crippen LogP contribution < -0.4 is 0 Å². The molecule has 1 saturated heterocycles. The number of ether oxygens (including phenoxy) is 2. The Morgan fingerprint density at radius 2 is 1.88 bits per heavy atom. The maximum absolute atomic E-state index is 9.61. The Hall–Kier alpha value is -0.240. The van der Waals surface area contributed by atoms with E-state index < -0.39 is 18.3 Å². The number of β-amino-alcohol motifs (C(OH)–C–C–N with tert-alkyl or cyclic N) is 3. The summed E-state index contributed by atoms with van der Waals surface area (Å²) in [4.78, 5) is 1.82. The lowest BCUT2D eigenvalue weighted by atomic mass is 10.3. The molecule has 0 aromatic heterocycles. The van der Waals surface area contributed by atoms with Gasteiger partial charge in [0.05, 0.1) is 38.1 Å². The smallest absolute Gasteiger partial charge is 0.0938 e. The SMILES string of the molecule is COCCOCC(O)CN1C[C@@H](O)[C@@H](O)C1. The zero-order chi connectivity index (χ0) is 12.0. The van der Waals surface area contributed by atoms with Crippen molar-refractivity contribution >= 4 is 0 Å². The third-order valence-electron chi connectivity index (χ3n) is 2.55. The van der Waals surface area contributed by atoms with Crippen LogP contribution in [0.25, 0.3) is 0 Å².